The minimum absolute atomic E-state index is 0.116. The average molecular weight is 326 g/mol. The fraction of sp³-hybridized carbons (Fsp3) is 0.350. The summed E-state index contributed by atoms with van der Waals surface area (Å²) in [4.78, 5) is 11.8. The lowest BCUT2D eigenvalue weighted by Gasteiger charge is -2.11. The molecule has 0 spiro atoms. The average Bonchev–Trinajstić information content (AvgIpc) is 2.60. The molecule has 0 radical (unpaired) electrons. The number of benzene rings is 2. The number of ether oxygens (including phenoxy) is 1. The quantitative estimate of drug-likeness (QED) is 0.730. The van der Waals surface area contributed by atoms with E-state index in [1.165, 1.54) is 11.1 Å². The first kappa shape index (κ1) is 17.9. The third kappa shape index (κ3) is 5.95. The smallest absolute Gasteiger partial charge is 0.314 e. The first-order chi connectivity index (χ1) is 11.7. The van der Waals surface area contributed by atoms with E-state index in [0.717, 1.165) is 30.6 Å². The molecule has 0 atom stereocenters. The van der Waals surface area contributed by atoms with Crippen LogP contribution in [0.1, 0.15) is 23.1 Å². The third-order valence-electron chi connectivity index (χ3n) is 3.89. The third-order valence-corrected chi connectivity index (χ3v) is 3.89. The van der Waals surface area contributed by atoms with E-state index in [4.69, 9.17) is 4.74 Å². The molecule has 4 nitrogen and oxygen atoms in total. The van der Waals surface area contributed by atoms with Gasteiger partial charge in [0.15, 0.2) is 0 Å². The van der Waals surface area contributed by atoms with Gasteiger partial charge < -0.3 is 15.4 Å². The highest BCUT2D eigenvalue weighted by atomic mass is 16.5. The number of methoxy groups -OCH3 is 1. The van der Waals surface area contributed by atoms with Crippen LogP contribution >= 0.6 is 0 Å². The van der Waals surface area contributed by atoms with E-state index in [0.29, 0.717) is 13.1 Å². The van der Waals surface area contributed by atoms with Crippen molar-refractivity contribution in [2.24, 2.45) is 0 Å². The van der Waals surface area contributed by atoms with Crippen molar-refractivity contribution in [1.82, 2.24) is 10.6 Å². The van der Waals surface area contributed by atoms with Crippen molar-refractivity contribution in [3.63, 3.8) is 0 Å². The SMILES string of the molecule is COc1ccc(C)cc1CCNC(=O)NCCCc1ccccc1. The van der Waals surface area contributed by atoms with Gasteiger partial charge in [-0.15, -0.1) is 0 Å². The Morgan fingerprint density at radius 1 is 1.00 bits per heavy atom. The molecule has 0 aliphatic rings. The van der Waals surface area contributed by atoms with E-state index in [1.54, 1.807) is 7.11 Å². The maximum absolute atomic E-state index is 11.8. The van der Waals surface area contributed by atoms with Crippen LogP contribution in [-0.2, 0) is 12.8 Å². The van der Waals surface area contributed by atoms with Crippen molar-refractivity contribution in [2.75, 3.05) is 20.2 Å². The van der Waals surface area contributed by atoms with Gasteiger partial charge in [0.25, 0.3) is 0 Å². The summed E-state index contributed by atoms with van der Waals surface area (Å²) < 4.78 is 5.35. The molecular weight excluding hydrogens is 300 g/mol. The molecule has 0 aliphatic carbocycles. The second kappa shape index (κ2) is 9.60. The summed E-state index contributed by atoms with van der Waals surface area (Å²) >= 11 is 0. The van der Waals surface area contributed by atoms with E-state index in [1.807, 2.05) is 30.3 Å². The molecule has 0 saturated carbocycles. The molecule has 128 valence electrons. The lowest BCUT2D eigenvalue weighted by atomic mass is 10.1. The van der Waals surface area contributed by atoms with Gasteiger partial charge in [-0.25, -0.2) is 4.79 Å². The standard InChI is InChI=1S/C20H26N2O2/c1-16-10-11-19(24-2)18(15-16)12-14-22-20(23)21-13-6-9-17-7-4-3-5-8-17/h3-5,7-8,10-11,15H,6,9,12-14H2,1-2H3,(H2,21,22,23). The Hall–Kier alpha value is -2.49. The van der Waals surface area contributed by atoms with Crippen molar-refractivity contribution in [3.8, 4) is 5.75 Å². The van der Waals surface area contributed by atoms with Crippen LogP contribution in [0.2, 0.25) is 0 Å². The predicted molar refractivity (Wildman–Crippen MR) is 97.6 cm³/mol. The fourth-order valence-electron chi connectivity index (χ4n) is 2.62. The second-order valence-electron chi connectivity index (χ2n) is 5.84. The number of urea groups is 1. The van der Waals surface area contributed by atoms with Crippen LogP contribution < -0.4 is 15.4 Å². The zero-order valence-corrected chi connectivity index (χ0v) is 14.5. The van der Waals surface area contributed by atoms with Gasteiger partial charge in [0.05, 0.1) is 7.11 Å². The largest absolute Gasteiger partial charge is 0.496 e. The lowest BCUT2D eigenvalue weighted by Crippen LogP contribution is -2.37. The molecule has 0 heterocycles. The number of carbonyl (C=O) groups is 1. The highest BCUT2D eigenvalue weighted by Crippen LogP contribution is 2.19. The van der Waals surface area contributed by atoms with Crippen molar-refractivity contribution >= 4 is 6.03 Å². The van der Waals surface area contributed by atoms with Crippen LogP contribution in [0.25, 0.3) is 0 Å². The summed E-state index contributed by atoms with van der Waals surface area (Å²) in [6, 6.07) is 16.3. The number of aryl methyl sites for hydroxylation is 2. The van der Waals surface area contributed by atoms with Gasteiger partial charge in [-0.05, 0) is 43.4 Å². The summed E-state index contributed by atoms with van der Waals surface area (Å²) in [6.07, 6.45) is 2.66. The number of hydrogen-bond donors (Lipinski definition) is 2. The summed E-state index contributed by atoms with van der Waals surface area (Å²) in [7, 11) is 1.67. The summed E-state index contributed by atoms with van der Waals surface area (Å²) in [6.45, 7) is 3.31. The zero-order chi connectivity index (χ0) is 17.2. The summed E-state index contributed by atoms with van der Waals surface area (Å²) in [5, 5.41) is 5.79. The van der Waals surface area contributed by atoms with Gasteiger partial charge in [-0.1, -0.05) is 48.0 Å². The fourth-order valence-corrected chi connectivity index (χ4v) is 2.62. The van der Waals surface area contributed by atoms with Crippen molar-refractivity contribution < 1.29 is 9.53 Å². The van der Waals surface area contributed by atoms with Crippen LogP contribution in [0.15, 0.2) is 48.5 Å². The Morgan fingerprint density at radius 3 is 2.50 bits per heavy atom. The number of rotatable bonds is 8. The summed E-state index contributed by atoms with van der Waals surface area (Å²) in [5.74, 6) is 0.866. The first-order valence-electron chi connectivity index (χ1n) is 8.38. The normalized spacial score (nSPS) is 10.2. The molecular formula is C20H26N2O2. The molecule has 2 amide bonds. The number of amides is 2. The Kier molecular flexibility index (Phi) is 7.15. The maximum Gasteiger partial charge on any atom is 0.314 e. The molecule has 0 aromatic heterocycles. The highest BCUT2D eigenvalue weighted by Gasteiger charge is 2.04. The van der Waals surface area contributed by atoms with Gasteiger partial charge in [0.1, 0.15) is 5.75 Å². The van der Waals surface area contributed by atoms with Crippen LogP contribution in [0.3, 0.4) is 0 Å². The van der Waals surface area contributed by atoms with E-state index in [9.17, 15) is 4.79 Å². The Morgan fingerprint density at radius 2 is 1.75 bits per heavy atom. The topological polar surface area (TPSA) is 50.4 Å². The van der Waals surface area contributed by atoms with E-state index in [-0.39, 0.29) is 6.03 Å². The zero-order valence-electron chi connectivity index (χ0n) is 14.5. The molecule has 0 unspecified atom stereocenters. The molecule has 2 rings (SSSR count). The van der Waals surface area contributed by atoms with Crippen molar-refractivity contribution in [1.29, 1.82) is 0 Å². The molecule has 0 saturated heterocycles. The molecule has 24 heavy (non-hydrogen) atoms. The van der Waals surface area contributed by atoms with E-state index < -0.39 is 0 Å². The number of hydrogen-bond acceptors (Lipinski definition) is 2. The summed E-state index contributed by atoms with van der Waals surface area (Å²) in [5.41, 5.74) is 3.60. The minimum Gasteiger partial charge on any atom is -0.496 e. The van der Waals surface area contributed by atoms with Crippen LogP contribution in [0.5, 0.6) is 5.75 Å². The molecule has 2 N–H and O–H groups in total. The van der Waals surface area contributed by atoms with E-state index in [2.05, 4.69) is 35.8 Å². The van der Waals surface area contributed by atoms with E-state index >= 15 is 0 Å². The molecule has 4 heteroatoms. The van der Waals surface area contributed by atoms with Gasteiger partial charge in [0.2, 0.25) is 0 Å². The molecule has 2 aromatic carbocycles. The number of carbonyl (C=O) groups excluding carboxylic acids is 1. The Balaban J connectivity index is 1.64. The lowest BCUT2D eigenvalue weighted by molar-refractivity contribution is 0.241. The van der Waals surface area contributed by atoms with Gasteiger partial charge in [0, 0.05) is 13.1 Å². The van der Waals surface area contributed by atoms with Crippen LogP contribution in [0, 0.1) is 6.92 Å². The Labute approximate surface area is 144 Å². The van der Waals surface area contributed by atoms with Gasteiger partial charge >= 0.3 is 6.03 Å². The molecule has 0 fully saturated rings. The monoisotopic (exact) mass is 326 g/mol. The Bertz CT molecular complexity index is 641. The molecule has 0 bridgehead atoms. The molecule has 2 aromatic rings. The number of nitrogens with one attached hydrogen (secondary N) is 2. The van der Waals surface area contributed by atoms with Gasteiger partial charge in [-0.3, -0.25) is 0 Å². The highest BCUT2D eigenvalue weighted by molar-refractivity contribution is 5.73. The second-order valence-corrected chi connectivity index (χ2v) is 5.84. The van der Waals surface area contributed by atoms with Gasteiger partial charge in [-0.2, -0.15) is 0 Å². The first-order valence-corrected chi connectivity index (χ1v) is 8.38. The van der Waals surface area contributed by atoms with Crippen LogP contribution in [0.4, 0.5) is 4.79 Å². The van der Waals surface area contributed by atoms with Crippen molar-refractivity contribution in [3.05, 3.63) is 65.2 Å². The van der Waals surface area contributed by atoms with Crippen LogP contribution in [-0.4, -0.2) is 26.2 Å². The van der Waals surface area contributed by atoms with Crippen molar-refractivity contribution in [2.45, 2.75) is 26.2 Å². The predicted octanol–water partition coefficient (Wildman–Crippen LogP) is 3.48. The minimum atomic E-state index is -0.116. The molecule has 0 aliphatic heterocycles. The maximum atomic E-state index is 11.8.